The fourth-order valence-corrected chi connectivity index (χ4v) is 1.99. The molecule has 0 aromatic heterocycles. The van der Waals surface area contributed by atoms with Crippen LogP contribution >= 0.6 is 0 Å². The van der Waals surface area contributed by atoms with E-state index in [-0.39, 0.29) is 65.7 Å². The van der Waals surface area contributed by atoms with Gasteiger partial charge in [-0.1, -0.05) is 0 Å². The second-order valence-corrected chi connectivity index (χ2v) is 4.73. The second kappa shape index (κ2) is 8.78. The predicted octanol–water partition coefficient (Wildman–Crippen LogP) is -8.14. The zero-order valence-electron chi connectivity index (χ0n) is 8.54. The van der Waals surface area contributed by atoms with Crippen molar-refractivity contribution < 1.29 is 89.8 Å². The molecule has 0 aliphatic rings. The number of methoxy groups -OCH3 is 1. The molecule has 12 heteroatoms. The summed E-state index contributed by atoms with van der Waals surface area (Å²) in [5, 5.41) is 0. The molecule has 0 heterocycles. The van der Waals surface area contributed by atoms with Crippen molar-refractivity contribution in [3.05, 3.63) is 0 Å². The Kier molecular flexibility index (Phi) is 12.9. The summed E-state index contributed by atoms with van der Waals surface area (Å²) < 4.78 is 64.9. The summed E-state index contributed by atoms with van der Waals surface area (Å²) in [6.07, 6.45) is 0. The van der Waals surface area contributed by atoms with Gasteiger partial charge >= 0.3 is 59.1 Å². The van der Waals surface area contributed by atoms with Gasteiger partial charge < -0.3 is 13.8 Å². The van der Waals surface area contributed by atoms with Crippen molar-refractivity contribution in [3.8, 4) is 0 Å². The molecule has 0 saturated heterocycles. The molecule has 0 rings (SSSR count). The van der Waals surface area contributed by atoms with Gasteiger partial charge in [-0.2, -0.15) is 0 Å². The quantitative estimate of drug-likeness (QED) is 0.361. The molecule has 0 N–H and O–H groups in total. The van der Waals surface area contributed by atoms with Gasteiger partial charge in [0.05, 0.1) is 13.2 Å². The van der Waals surface area contributed by atoms with Gasteiger partial charge in [0.2, 0.25) is 0 Å². The first kappa shape index (κ1) is 22.0. The SMILES string of the molecule is COCCN(S(=O)(=O)[O-])S(=O)(=O)[O-].[Na+].[Na+]. The summed E-state index contributed by atoms with van der Waals surface area (Å²) in [6.45, 7) is -1.17. The average Bonchev–Trinajstić information content (AvgIpc) is 1.81. The summed E-state index contributed by atoms with van der Waals surface area (Å²) in [5.74, 6) is 0. The molecule has 0 amide bonds. The molecule has 0 saturated carbocycles. The van der Waals surface area contributed by atoms with Crippen LogP contribution in [0.3, 0.4) is 0 Å². The molecule has 80 valence electrons. The first-order valence-electron chi connectivity index (χ1n) is 2.88. The van der Waals surface area contributed by atoms with E-state index < -0.39 is 30.9 Å². The average molecular weight is 279 g/mol. The first-order valence-corrected chi connectivity index (χ1v) is 5.61. The molecule has 8 nitrogen and oxygen atoms in total. The van der Waals surface area contributed by atoms with E-state index in [2.05, 4.69) is 4.74 Å². The maximum Gasteiger partial charge on any atom is 1.00 e. The smallest absolute Gasteiger partial charge is 0.735 e. The molecular formula is C3H7NNa2O7S2. The summed E-state index contributed by atoms with van der Waals surface area (Å²) >= 11 is 0. The fourth-order valence-electron chi connectivity index (χ4n) is 0.501. The van der Waals surface area contributed by atoms with Gasteiger partial charge in [-0.3, -0.25) is 0 Å². The van der Waals surface area contributed by atoms with Crippen LogP contribution in [-0.4, -0.2) is 49.9 Å². The van der Waals surface area contributed by atoms with E-state index >= 15 is 0 Å². The Bertz CT molecular complexity index is 318. The molecule has 0 bridgehead atoms. The number of ether oxygens (including phenoxy) is 1. The van der Waals surface area contributed by atoms with E-state index in [9.17, 15) is 25.9 Å². The third kappa shape index (κ3) is 9.44. The van der Waals surface area contributed by atoms with Gasteiger partial charge in [0.15, 0.2) is 20.6 Å². The maximum absolute atomic E-state index is 10.2. The van der Waals surface area contributed by atoms with E-state index in [1.165, 1.54) is 0 Å². The van der Waals surface area contributed by atoms with Crippen LogP contribution in [0.2, 0.25) is 0 Å². The van der Waals surface area contributed by atoms with Crippen molar-refractivity contribution >= 4 is 20.6 Å². The zero-order chi connectivity index (χ0) is 10.7. The molecule has 0 spiro atoms. The van der Waals surface area contributed by atoms with Gasteiger partial charge in [0.1, 0.15) is 0 Å². The van der Waals surface area contributed by atoms with Crippen molar-refractivity contribution in [2.24, 2.45) is 0 Å². The van der Waals surface area contributed by atoms with Gasteiger partial charge in [0.25, 0.3) is 0 Å². The largest absolute Gasteiger partial charge is 1.00 e. The number of hydrogen-bond acceptors (Lipinski definition) is 7. The maximum atomic E-state index is 10.2. The van der Waals surface area contributed by atoms with Crippen LogP contribution < -0.4 is 59.1 Å². The normalized spacial score (nSPS) is 11.7. The third-order valence-corrected chi connectivity index (χ3v) is 3.43. The van der Waals surface area contributed by atoms with Crippen molar-refractivity contribution in [1.82, 2.24) is 3.71 Å². The van der Waals surface area contributed by atoms with Crippen LogP contribution in [0, 0.1) is 0 Å². The molecule has 0 aromatic carbocycles. The fraction of sp³-hybridized carbons (Fsp3) is 1.00. The second-order valence-electron chi connectivity index (χ2n) is 1.90. The Hall–Kier alpha value is 1.74. The van der Waals surface area contributed by atoms with Gasteiger partial charge in [-0.25, -0.2) is 16.8 Å². The Morgan fingerprint density at radius 1 is 1.07 bits per heavy atom. The van der Waals surface area contributed by atoms with Crippen LogP contribution in [0.4, 0.5) is 0 Å². The topological polar surface area (TPSA) is 127 Å². The summed E-state index contributed by atoms with van der Waals surface area (Å²) in [4.78, 5) is 0. The van der Waals surface area contributed by atoms with Crippen LogP contribution in [0.25, 0.3) is 0 Å². The first-order chi connectivity index (χ1) is 5.69. The molecule has 0 radical (unpaired) electrons. The third-order valence-electron chi connectivity index (χ3n) is 0.977. The minimum absolute atomic E-state index is 0. The molecule has 0 fully saturated rings. The summed E-state index contributed by atoms with van der Waals surface area (Å²) in [7, 11) is -9.42. The Morgan fingerprint density at radius 3 is 1.60 bits per heavy atom. The summed E-state index contributed by atoms with van der Waals surface area (Å²) in [5.41, 5.74) is 0. The van der Waals surface area contributed by atoms with Crippen molar-refractivity contribution in [3.63, 3.8) is 0 Å². The van der Waals surface area contributed by atoms with Crippen molar-refractivity contribution in [2.75, 3.05) is 20.3 Å². The number of nitrogens with zero attached hydrogens (tertiary/aromatic N) is 1. The molecule has 0 aliphatic carbocycles. The molecule has 15 heavy (non-hydrogen) atoms. The van der Waals surface area contributed by atoms with E-state index in [1.807, 2.05) is 0 Å². The standard InChI is InChI=1S/C3H9NO7S2.2Na/c1-11-3-2-4(12(5,6)7)13(8,9)10;;/h2-3H2,1H3,(H,5,6,7)(H,8,9,10);;/q;2*+1/p-2. The zero-order valence-corrected chi connectivity index (χ0v) is 14.2. The van der Waals surface area contributed by atoms with Crippen molar-refractivity contribution in [1.29, 1.82) is 0 Å². The van der Waals surface area contributed by atoms with E-state index in [0.29, 0.717) is 0 Å². The van der Waals surface area contributed by atoms with Crippen LogP contribution in [-0.2, 0) is 25.3 Å². The molecule has 0 aromatic rings. The van der Waals surface area contributed by atoms with E-state index in [1.54, 1.807) is 0 Å². The molecule has 0 unspecified atom stereocenters. The molecule has 0 atom stereocenters. The number of rotatable bonds is 5. The minimum Gasteiger partial charge on any atom is -0.735 e. The van der Waals surface area contributed by atoms with E-state index in [4.69, 9.17) is 0 Å². The van der Waals surface area contributed by atoms with Gasteiger partial charge in [-0.05, 0) is 0 Å². The monoisotopic (exact) mass is 279 g/mol. The molecular weight excluding hydrogens is 272 g/mol. The van der Waals surface area contributed by atoms with Crippen LogP contribution in [0.5, 0.6) is 0 Å². The van der Waals surface area contributed by atoms with Crippen LogP contribution in [0.15, 0.2) is 0 Å². The Morgan fingerprint density at radius 2 is 1.40 bits per heavy atom. The predicted molar refractivity (Wildman–Crippen MR) is 38.0 cm³/mol. The molecule has 0 aliphatic heterocycles. The Balaban J connectivity index is -0.000000720. The van der Waals surface area contributed by atoms with Crippen molar-refractivity contribution in [2.45, 2.75) is 0 Å². The van der Waals surface area contributed by atoms with Gasteiger partial charge in [0, 0.05) is 7.11 Å². The Labute approximate surface area is 133 Å². The van der Waals surface area contributed by atoms with E-state index in [0.717, 1.165) is 7.11 Å². The van der Waals surface area contributed by atoms with Crippen LogP contribution in [0.1, 0.15) is 0 Å². The van der Waals surface area contributed by atoms with Gasteiger partial charge in [-0.15, -0.1) is 3.71 Å². The number of hydrogen-bond donors (Lipinski definition) is 0. The summed E-state index contributed by atoms with van der Waals surface area (Å²) in [6, 6.07) is 0. The minimum atomic E-state index is -5.29.